The van der Waals surface area contributed by atoms with Gasteiger partial charge in [0.1, 0.15) is 12.0 Å². The number of piperazine rings is 1. The first kappa shape index (κ1) is 19.2. The average molecular weight is 371 g/mol. The Labute approximate surface area is 161 Å². The summed E-state index contributed by atoms with van der Waals surface area (Å²) < 4.78 is 10.6. The van der Waals surface area contributed by atoms with Gasteiger partial charge in [0, 0.05) is 52.4 Å². The zero-order valence-corrected chi connectivity index (χ0v) is 16.2. The van der Waals surface area contributed by atoms with E-state index in [2.05, 4.69) is 37.4 Å². The van der Waals surface area contributed by atoms with Crippen LogP contribution in [0.4, 0.5) is 0 Å². The van der Waals surface area contributed by atoms with E-state index in [1.807, 2.05) is 32.2 Å². The molecule has 1 aliphatic heterocycles. The number of nitrogens with zero attached hydrogens (tertiary/aromatic N) is 4. The van der Waals surface area contributed by atoms with Crippen LogP contribution in [-0.2, 0) is 13.0 Å². The quantitative estimate of drug-likeness (QED) is 0.593. The number of aromatic nitrogens is 1. The fourth-order valence-electron chi connectivity index (χ4n) is 3.31. The standard InChI is InChI=1S/C20H29N5O2/c1-3-26-19-7-5-4-6-17(19)8-10-22-20(21-2)25-13-11-24(12-14-25)16-18-9-15-27-23-18/h4-7,9,15H,3,8,10-14,16H2,1-2H3,(H,21,22). The van der Waals surface area contributed by atoms with E-state index in [0.29, 0.717) is 6.61 Å². The van der Waals surface area contributed by atoms with Crippen LogP contribution in [0.2, 0.25) is 0 Å². The van der Waals surface area contributed by atoms with Crippen molar-refractivity contribution in [3.63, 3.8) is 0 Å². The van der Waals surface area contributed by atoms with Crippen molar-refractivity contribution in [2.75, 3.05) is 46.4 Å². The summed E-state index contributed by atoms with van der Waals surface area (Å²) in [7, 11) is 1.85. The molecular formula is C20H29N5O2. The zero-order chi connectivity index (χ0) is 18.9. The van der Waals surface area contributed by atoms with E-state index in [9.17, 15) is 0 Å². The smallest absolute Gasteiger partial charge is 0.193 e. The van der Waals surface area contributed by atoms with Gasteiger partial charge in [-0.25, -0.2) is 0 Å². The topological polar surface area (TPSA) is 66.1 Å². The molecule has 0 saturated carbocycles. The van der Waals surface area contributed by atoms with Crippen molar-refractivity contribution in [1.29, 1.82) is 0 Å². The van der Waals surface area contributed by atoms with Gasteiger partial charge in [-0.15, -0.1) is 0 Å². The summed E-state index contributed by atoms with van der Waals surface area (Å²) >= 11 is 0. The molecule has 0 atom stereocenters. The minimum atomic E-state index is 0.685. The molecule has 27 heavy (non-hydrogen) atoms. The van der Waals surface area contributed by atoms with Gasteiger partial charge in [-0.2, -0.15) is 0 Å². The second-order valence-electron chi connectivity index (χ2n) is 6.52. The first-order valence-corrected chi connectivity index (χ1v) is 9.58. The Kier molecular flexibility index (Phi) is 7.10. The Balaban J connectivity index is 1.45. The van der Waals surface area contributed by atoms with Crippen LogP contribution >= 0.6 is 0 Å². The zero-order valence-electron chi connectivity index (χ0n) is 16.2. The van der Waals surface area contributed by atoms with Crippen LogP contribution in [0.1, 0.15) is 18.2 Å². The van der Waals surface area contributed by atoms with Crippen molar-refractivity contribution in [3.05, 3.63) is 47.9 Å². The van der Waals surface area contributed by atoms with Gasteiger partial charge in [-0.05, 0) is 25.0 Å². The number of nitrogens with one attached hydrogen (secondary N) is 1. The molecule has 3 rings (SSSR count). The highest BCUT2D eigenvalue weighted by atomic mass is 16.5. The highest BCUT2D eigenvalue weighted by Gasteiger charge is 2.20. The van der Waals surface area contributed by atoms with E-state index in [1.54, 1.807) is 6.26 Å². The summed E-state index contributed by atoms with van der Waals surface area (Å²) in [4.78, 5) is 9.16. The molecule has 1 aromatic heterocycles. The molecule has 7 nitrogen and oxygen atoms in total. The van der Waals surface area contributed by atoms with Crippen LogP contribution in [0.3, 0.4) is 0 Å². The van der Waals surface area contributed by atoms with Crippen molar-refractivity contribution >= 4 is 5.96 Å². The average Bonchev–Trinajstić information content (AvgIpc) is 3.21. The van der Waals surface area contributed by atoms with Gasteiger partial charge in [0.25, 0.3) is 0 Å². The predicted molar refractivity (Wildman–Crippen MR) is 106 cm³/mol. The first-order chi connectivity index (χ1) is 13.3. The van der Waals surface area contributed by atoms with Crippen molar-refractivity contribution in [2.24, 2.45) is 4.99 Å². The maximum Gasteiger partial charge on any atom is 0.193 e. The molecule has 0 unspecified atom stereocenters. The minimum Gasteiger partial charge on any atom is -0.494 e. The van der Waals surface area contributed by atoms with Gasteiger partial charge in [-0.3, -0.25) is 9.89 Å². The van der Waals surface area contributed by atoms with Gasteiger partial charge in [0.2, 0.25) is 0 Å². The van der Waals surface area contributed by atoms with E-state index < -0.39 is 0 Å². The highest BCUT2D eigenvalue weighted by molar-refractivity contribution is 5.80. The number of benzene rings is 1. The van der Waals surface area contributed by atoms with Crippen molar-refractivity contribution in [2.45, 2.75) is 19.9 Å². The largest absolute Gasteiger partial charge is 0.494 e. The molecule has 7 heteroatoms. The SMILES string of the molecule is CCOc1ccccc1CCNC(=NC)N1CCN(Cc2ccon2)CC1. The number of aliphatic imine (C=N–C) groups is 1. The van der Waals surface area contributed by atoms with E-state index in [-0.39, 0.29) is 0 Å². The number of rotatable bonds is 7. The lowest BCUT2D eigenvalue weighted by Crippen LogP contribution is -2.52. The third kappa shape index (κ3) is 5.47. The summed E-state index contributed by atoms with van der Waals surface area (Å²) in [6.45, 7) is 8.24. The second-order valence-corrected chi connectivity index (χ2v) is 6.52. The maximum atomic E-state index is 5.71. The summed E-state index contributed by atoms with van der Waals surface area (Å²) in [6.07, 6.45) is 2.53. The summed E-state index contributed by atoms with van der Waals surface area (Å²) in [5.41, 5.74) is 2.21. The Bertz CT molecular complexity index is 709. The third-order valence-electron chi connectivity index (χ3n) is 4.71. The number of guanidine groups is 1. The molecule has 146 valence electrons. The molecule has 1 N–H and O–H groups in total. The van der Waals surface area contributed by atoms with Crippen molar-refractivity contribution in [3.8, 4) is 5.75 Å². The van der Waals surface area contributed by atoms with E-state index in [4.69, 9.17) is 9.26 Å². The molecule has 0 aliphatic carbocycles. The minimum absolute atomic E-state index is 0.685. The molecule has 1 aromatic carbocycles. The fraction of sp³-hybridized carbons (Fsp3) is 0.500. The molecule has 1 aliphatic rings. The lowest BCUT2D eigenvalue weighted by Gasteiger charge is -2.36. The molecule has 2 aromatic rings. The van der Waals surface area contributed by atoms with E-state index in [1.165, 1.54) is 5.56 Å². The van der Waals surface area contributed by atoms with Gasteiger partial charge in [-0.1, -0.05) is 23.4 Å². The van der Waals surface area contributed by atoms with Crippen molar-refractivity contribution in [1.82, 2.24) is 20.3 Å². The van der Waals surface area contributed by atoms with Crippen LogP contribution in [0.25, 0.3) is 0 Å². The van der Waals surface area contributed by atoms with Gasteiger partial charge in [0.05, 0.1) is 12.3 Å². The molecule has 1 saturated heterocycles. The maximum absolute atomic E-state index is 5.71. The lowest BCUT2D eigenvalue weighted by molar-refractivity contribution is 0.169. The number of hydrogen-bond donors (Lipinski definition) is 1. The Morgan fingerprint density at radius 3 is 2.74 bits per heavy atom. The van der Waals surface area contributed by atoms with Gasteiger partial charge in [0.15, 0.2) is 5.96 Å². The Morgan fingerprint density at radius 2 is 2.04 bits per heavy atom. The molecule has 0 spiro atoms. The van der Waals surface area contributed by atoms with Crippen LogP contribution in [0.15, 0.2) is 46.1 Å². The van der Waals surface area contributed by atoms with Crippen LogP contribution in [-0.4, -0.2) is 67.3 Å². The molecule has 0 amide bonds. The van der Waals surface area contributed by atoms with Gasteiger partial charge >= 0.3 is 0 Å². The van der Waals surface area contributed by atoms with Gasteiger partial charge < -0.3 is 19.5 Å². The summed E-state index contributed by atoms with van der Waals surface area (Å²) in [5.74, 6) is 1.93. The number of ether oxygens (including phenoxy) is 1. The van der Waals surface area contributed by atoms with E-state index in [0.717, 1.165) is 63.1 Å². The highest BCUT2D eigenvalue weighted by Crippen LogP contribution is 2.18. The summed E-state index contributed by atoms with van der Waals surface area (Å²) in [6, 6.07) is 10.1. The normalized spacial score (nSPS) is 15.8. The van der Waals surface area contributed by atoms with Crippen LogP contribution in [0.5, 0.6) is 5.75 Å². The molecule has 1 fully saturated rings. The number of hydrogen-bond acceptors (Lipinski definition) is 5. The van der Waals surface area contributed by atoms with Crippen LogP contribution < -0.4 is 10.1 Å². The Morgan fingerprint density at radius 1 is 1.22 bits per heavy atom. The second kappa shape index (κ2) is 9.97. The predicted octanol–water partition coefficient (Wildman–Crippen LogP) is 2.01. The molecule has 0 bridgehead atoms. The van der Waals surface area contributed by atoms with Crippen molar-refractivity contribution < 1.29 is 9.26 Å². The number of para-hydroxylation sites is 1. The summed E-state index contributed by atoms with van der Waals surface area (Å²) in [5, 5.41) is 7.49. The molecule has 2 heterocycles. The van der Waals surface area contributed by atoms with Crippen LogP contribution in [0, 0.1) is 0 Å². The molecular weight excluding hydrogens is 342 g/mol. The lowest BCUT2D eigenvalue weighted by atomic mass is 10.1. The Hall–Kier alpha value is -2.54. The monoisotopic (exact) mass is 371 g/mol. The van der Waals surface area contributed by atoms with E-state index >= 15 is 0 Å². The fourth-order valence-corrected chi connectivity index (χ4v) is 3.31. The molecule has 0 radical (unpaired) electrons. The first-order valence-electron chi connectivity index (χ1n) is 9.58. The third-order valence-corrected chi connectivity index (χ3v) is 4.71.